The predicted molar refractivity (Wildman–Crippen MR) is 113 cm³/mol. The molecule has 1 aliphatic heterocycles. The summed E-state index contributed by atoms with van der Waals surface area (Å²) in [6, 6.07) is 10.8. The second kappa shape index (κ2) is 7.99. The fourth-order valence-electron chi connectivity index (χ4n) is 3.34. The van der Waals surface area contributed by atoms with Crippen LogP contribution in [-0.4, -0.2) is 37.0 Å². The highest BCUT2D eigenvalue weighted by molar-refractivity contribution is 6.36. The highest BCUT2D eigenvalue weighted by Gasteiger charge is 2.40. The third-order valence-electron chi connectivity index (χ3n) is 5.09. The Hall–Kier alpha value is -3.28. The van der Waals surface area contributed by atoms with E-state index in [4.69, 9.17) is 9.47 Å². The van der Waals surface area contributed by atoms with Gasteiger partial charge in [0.15, 0.2) is 0 Å². The Balaban J connectivity index is 2.17. The number of amides is 2. The van der Waals surface area contributed by atoms with Gasteiger partial charge in [0.25, 0.3) is 11.8 Å². The van der Waals surface area contributed by atoms with E-state index in [-0.39, 0.29) is 23.6 Å². The maximum absolute atomic E-state index is 13.2. The minimum atomic E-state index is -0.358. The van der Waals surface area contributed by atoms with E-state index in [0.29, 0.717) is 28.3 Å². The standard InChI is InChI=1S/C23H26N2O4/c1-13(2)25-22(26)20(16-8-7-14(3)15(4)11-16)21(23(25)27)24-18-12-17(28-5)9-10-19(18)29-6/h7-13,24H,1-6H3. The van der Waals surface area contributed by atoms with E-state index in [1.807, 2.05) is 45.9 Å². The lowest BCUT2D eigenvalue weighted by Gasteiger charge is -2.19. The van der Waals surface area contributed by atoms with Crippen LogP contribution in [0.5, 0.6) is 11.5 Å². The first kappa shape index (κ1) is 20.5. The Labute approximate surface area is 171 Å². The first-order valence-corrected chi connectivity index (χ1v) is 9.47. The minimum absolute atomic E-state index is 0.235. The number of ether oxygens (including phenoxy) is 2. The zero-order valence-electron chi connectivity index (χ0n) is 17.6. The third kappa shape index (κ3) is 3.70. The summed E-state index contributed by atoms with van der Waals surface area (Å²) < 4.78 is 10.7. The van der Waals surface area contributed by atoms with Crippen LogP contribution in [0.25, 0.3) is 5.57 Å². The number of nitrogens with zero attached hydrogens (tertiary/aromatic N) is 1. The van der Waals surface area contributed by atoms with Crippen LogP contribution < -0.4 is 14.8 Å². The number of imide groups is 1. The number of carbonyl (C=O) groups excluding carboxylic acids is 2. The highest BCUT2D eigenvalue weighted by atomic mass is 16.5. The number of nitrogens with one attached hydrogen (secondary N) is 1. The third-order valence-corrected chi connectivity index (χ3v) is 5.09. The summed E-state index contributed by atoms with van der Waals surface area (Å²) in [7, 11) is 3.11. The molecule has 0 fully saturated rings. The van der Waals surface area contributed by atoms with Crippen molar-refractivity contribution >= 4 is 23.1 Å². The molecule has 2 aromatic rings. The number of aryl methyl sites for hydroxylation is 2. The number of hydrogen-bond donors (Lipinski definition) is 1. The summed E-state index contributed by atoms with van der Waals surface area (Å²) in [5.74, 6) is 0.487. The number of hydrogen-bond acceptors (Lipinski definition) is 5. The summed E-state index contributed by atoms with van der Waals surface area (Å²) in [6.45, 7) is 7.64. The predicted octanol–water partition coefficient (Wildman–Crippen LogP) is 3.92. The van der Waals surface area contributed by atoms with Crippen LogP contribution in [0, 0.1) is 13.8 Å². The van der Waals surface area contributed by atoms with Gasteiger partial charge in [0.05, 0.1) is 25.5 Å². The van der Waals surface area contributed by atoms with Crippen LogP contribution in [0.2, 0.25) is 0 Å². The van der Waals surface area contributed by atoms with Crippen molar-refractivity contribution in [1.82, 2.24) is 4.90 Å². The van der Waals surface area contributed by atoms with Gasteiger partial charge in [-0.25, -0.2) is 0 Å². The monoisotopic (exact) mass is 394 g/mol. The Morgan fingerprint density at radius 2 is 1.62 bits per heavy atom. The molecular formula is C23H26N2O4. The number of methoxy groups -OCH3 is 2. The number of anilines is 1. The zero-order chi connectivity index (χ0) is 21.3. The smallest absolute Gasteiger partial charge is 0.278 e. The molecule has 0 saturated heterocycles. The fourth-order valence-corrected chi connectivity index (χ4v) is 3.34. The molecule has 29 heavy (non-hydrogen) atoms. The van der Waals surface area contributed by atoms with E-state index in [0.717, 1.165) is 11.1 Å². The SMILES string of the molecule is COc1ccc(OC)c(NC2=C(c3ccc(C)c(C)c3)C(=O)N(C(C)C)C2=O)c1. The molecule has 0 unspecified atom stereocenters. The zero-order valence-corrected chi connectivity index (χ0v) is 17.6. The van der Waals surface area contributed by atoms with E-state index >= 15 is 0 Å². The van der Waals surface area contributed by atoms with Crippen LogP contribution in [-0.2, 0) is 9.59 Å². The first-order chi connectivity index (χ1) is 13.8. The van der Waals surface area contributed by atoms with E-state index in [9.17, 15) is 9.59 Å². The maximum Gasteiger partial charge on any atom is 0.278 e. The molecule has 3 rings (SSSR count). The average molecular weight is 394 g/mol. The van der Waals surface area contributed by atoms with Gasteiger partial charge in [-0.3, -0.25) is 14.5 Å². The summed E-state index contributed by atoms with van der Waals surface area (Å²) in [5.41, 5.74) is 4.02. The van der Waals surface area contributed by atoms with E-state index in [2.05, 4.69) is 5.32 Å². The van der Waals surface area contributed by atoms with Gasteiger partial charge in [0, 0.05) is 12.1 Å². The Morgan fingerprint density at radius 1 is 0.897 bits per heavy atom. The lowest BCUT2D eigenvalue weighted by atomic mass is 9.99. The summed E-state index contributed by atoms with van der Waals surface area (Å²) in [4.78, 5) is 27.6. The van der Waals surface area contributed by atoms with Crippen molar-refractivity contribution in [3.63, 3.8) is 0 Å². The molecule has 0 radical (unpaired) electrons. The molecule has 0 atom stereocenters. The fraction of sp³-hybridized carbons (Fsp3) is 0.304. The molecular weight excluding hydrogens is 368 g/mol. The Morgan fingerprint density at radius 3 is 2.21 bits per heavy atom. The van der Waals surface area contributed by atoms with Crippen LogP contribution >= 0.6 is 0 Å². The lowest BCUT2D eigenvalue weighted by Crippen LogP contribution is -2.38. The van der Waals surface area contributed by atoms with Gasteiger partial charge >= 0.3 is 0 Å². The molecule has 2 aromatic carbocycles. The second-order valence-electron chi connectivity index (χ2n) is 7.31. The largest absolute Gasteiger partial charge is 0.497 e. The Kier molecular flexibility index (Phi) is 5.64. The van der Waals surface area contributed by atoms with Gasteiger partial charge in [-0.15, -0.1) is 0 Å². The van der Waals surface area contributed by atoms with Crippen molar-refractivity contribution in [2.24, 2.45) is 0 Å². The summed E-state index contributed by atoms with van der Waals surface area (Å²) in [6.07, 6.45) is 0. The molecule has 0 saturated carbocycles. The molecule has 0 spiro atoms. The molecule has 0 bridgehead atoms. The molecule has 0 aliphatic carbocycles. The Bertz CT molecular complexity index is 1010. The number of carbonyl (C=O) groups is 2. The number of benzene rings is 2. The van der Waals surface area contributed by atoms with Crippen LogP contribution in [0.4, 0.5) is 5.69 Å². The van der Waals surface area contributed by atoms with Crippen molar-refractivity contribution in [2.45, 2.75) is 33.7 Å². The average Bonchev–Trinajstić information content (AvgIpc) is 2.93. The van der Waals surface area contributed by atoms with Gasteiger partial charge in [-0.1, -0.05) is 18.2 Å². The normalized spacial score (nSPS) is 14.1. The van der Waals surface area contributed by atoms with Crippen LogP contribution in [0.3, 0.4) is 0 Å². The van der Waals surface area contributed by atoms with Crippen molar-refractivity contribution in [3.8, 4) is 11.5 Å². The van der Waals surface area contributed by atoms with Crippen molar-refractivity contribution in [1.29, 1.82) is 0 Å². The van der Waals surface area contributed by atoms with Crippen LogP contribution in [0.1, 0.15) is 30.5 Å². The lowest BCUT2D eigenvalue weighted by molar-refractivity contribution is -0.138. The molecule has 2 amide bonds. The highest BCUT2D eigenvalue weighted by Crippen LogP contribution is 2.36. The molecule has 1 aliphatic rings. The molecule has 1 heterocycles. The van der Waals surface area contributed by atoms with E-state index in [1.165, 1.54) is 4.90 Å². The molecule has 1 N–H and O–H groups in total. The topological polar surface area (TPSA) is 67.9 Å². The summed E-state index contributed by atoms with van der Waals surface area (Å²) in [5, 5.41) is 3.15. The molecule has 6 heteroatoms. The van der Waals surface area contributed by atoms with Gasteiger partial charge in [-0.05, 0) is 56.5 Å². The van der Waals surface area contributed by atoms with Gasteiger partial charge in [0.2, 0.25) is 0 Å². The maximum atomic E-state index is 13.2. The van der Waals surface area contributed by atoms with Crippen molar-refractivity contribution < 1.29 is 19.1 Å². The second-order valence-corrected chi connectivity index (χ2v) is 7.31. The van der Waals surface area contributed by atoms with E-state index < -0.39 is 0 Å². The molecule has 152 valence electrons. The number of rotatable bonds is 6. The van der Waals surface area contributed by atoms with Gasteiger partial charge in [-0.2, -0.15) is 0 Å². The first-order valence-electron chi connectivity index (χ1n) is 9.47. The van der Waals surface area contributed by atoms with Gasteiger partial charge in [0.1, 0.15) is 17.2 Å². The van der Waals surface area contributed by atoms with Gasteiger partial charge < -0.3 is 14.8 Å². The molecule has 0 aromatic heterocycles. The van der Waals surface area contributed by atoms with E-state index in [1.54, 1.807) is 32.4 Å². The molecule has 6 nitrogen and oxygen atoms in total. The van der Waals surface area contributed by atoms with Crippen molar-refractivity contribution in [2.75, 3.05) is 19.5 Å². The van der Waals surface area contributed by atoms with Crippen molar-refractivity contribution in [3.05, 3.63) is 58.8 Å². The summed E-state index contributed by atoms with van der Waals surface area (Å²) >= 11 is 0. The minimum Gasteiger partial charge on any atom is -0.497 e. The quantitative estimate of drug-likeness (QED) is 0.752. The van der Waals surface area contributed by atoms with Crippen LogP contribution in [0.15, 0.2) is 42.1 Å².